The van der Waals surface area contributed by atoms with Crippen LogP contribution in [0.2, 0.25) is 0 Å². The van der Waals surface area contributed by atoms with Gasteiger partial charge in [-0.15, -0.1) is 0 Å². The molecule has 3 heterocycles. The number of hydrogen-bond donors (Lipinski definition) is 3. The number of fused-ring (bicyclic) bond motifs is 3. The first-order chi connectivity index (χ1) is 14.6. The van der Waals surface area contributed by atoms with E-state index in [1.807, 2.05) is 19.2 Å². The Morgan fingerprint density at radius 2 is 2.20 bits per heavy atom. The maximum atomic E-state index is 13.4. The molecule has 1 aliphatic rings. The Kier molecular flexibility index (Phi) is 5.28. The average molecular weight is 409 g/mol. The van der Waals surface area contributed by atoms with Crippen LogP contribution in [-0.2, 0) is 6.54 Å². The van der Waals surface area contributed by atoms with E-state index in [2.05, 4.69) is 15.3 Å². The number of aliphatic hydroxyl groups excluding tert-OH is 1. The van der Waals surface area contributed by atoms with E-state index in [9.17, 15) is 9.59 Å². The molecule has 0 bridgehead atoms. The van der Waals surface area contributed by atoms with Gasteiger partial charge in [0.25, 0.3) is 5.91 Å². The minimum absolute atomic E-state index is 0.142. The number of H-pyrrole nitrogens is 1. The summed E-state index contributed by atoms with van der Waals surface area (Å²) in [7, 11) is 1.51. The van der Waals surface area contributed by atoms with Gasteiger partial charge in [-0.1, -0.05) is 0 Å². The van der Waals surface area contributed by atoms with Crippen LogP contribution in [0.25, 0.3) is 11.0 Å². The maximum Gasteiger partial charge on any atom is 0.329 e. The number of methoxy groups -OCH3 is 1. The number of aliphatic hydroxyl groups is 1. The number of aromatic amines is 1. The van der Waals surface area contributed by atoms with E-state index in [0.29, 0.717) is 30.1 Å². The largest absolute Gasteiger partial charge is 0.497 e. The molecule has 0 unspecified atom stereocenters. The molecule has 3 aromatic rings. The van der Waals surface area contributed by atoms with Gasteiger partial charge in [0.2, 0.25) is 0 Å². The van der Waals surface area contributed by atoms with Crippen molar-refractivity contribution in [2.75, 3.05) is 36.6 Å². The Bertz CT molecular complexity index is 1110. The zero-order chi connectivity index (χ0) is 21.3. The monoisotopic (exact) mass is 409 g/mol. The van der Waals surface area contributed by atoms with Gasteiger partial charge in [-0.05, 0) is 25.1 Å². The van der Waals surface area contributed by atoms with Crippen molar-refractivity contribution in [2.24, 2.45) is 0 Å². The van der Waals surface area contributed by atoms with Gasteiger partial charge in [0.1, 0.15) is 11.4 Å². The summed E-state index contributed by atoms with van der Waals surface area (Å²) in [6.07, 6.45) is 3.58. The van der Waals surface area contributed by atoms with Gasteiger partial charge in [-0.25, -0.2) is 9.78 Å². The van der Waals surface area contributed by atoms with Crippen LogP contribution < -0.4 is 19.9 Å². The molecule has 0 saturated heterocycles. The van der Waals surface area contributed by atoms with Crippen LogP contribution in [-0.4, -0.2) is 53.8 Å². The van der Waals surface area contributed by atoms with E-state index in [1.165, 1.54) is 7.11 Å². The lowest BCUT2D eigenvalue weighted by molar-refractivity contribution is 0.0944. The molecule has 2 aromatic heterocycles. The summed E-state index contributed by atoms with van der Waals surface area (Å²) in [6, 6.07) is 6.70. The lowest BCUT2D eigenvalue weighted by Gasteiger charge is -2.37. The lowest BCUT2D eigenvalue weighted by Crippen LogP contribution is -2.47. The predicted molar refractivity (Wildman–Crippen MR) is 113 cm³/mol. The second-order valence-electron chi connectivity index (χ2n) is 6.88. The number of carbonyl (C=O) groups excluding carboxylic acids is 2. The van der Waals surface area contributed by atoms with E-state index in [4.69, 9.17) is 9.84 Å². The van der Waals surface area contributed by atoms with Crippen LogP contribution in [0.5, 0.6) is 5.75 Å². The number of benzene rings is 1. The number of urea groups is 1. The Balaban J connectivity index is 1.77. The van der Waals surface area contributed by atoms with E-state index >= 15 is 0 Å². The third-order valence-electron chi connectivity index (χ3n) is 5.11. The van der Waals surface area contributed by atoms with Crippen molar-refractivity contribution in [1.82, 2.24) is 15.3 Å². The molecule has 1 aliphatic heterocycles. The lowest BCUT2D eigenvalue weighted by atomic mass is 10.1. The molecular formula is C21H23N5O4. The van der Waals surface area contributed by atoms with Crippen LogP contribution in [0.1, 0.15) is 22.8 Å². The molecule has 9 heteroatoms. The molecule has 156 valence electrons. The highest BCUT2D eigenvalue weighted by Gasteiger charge is 2.33. The molecule has 0 saturated carbocycles. The summed E-state index contributed by atoms with van der Waals surface area (Å²) < 4.78 is 5.35. The van der Waals surface area contributed by atoms with E-state index < -0.39 is 0 Å². The summed E-state index contributed by atoms with van der Waals surface area (Å²) >= 11 is 0. The first-order valence-electron chi connectivity index (χ1n) is 9.69. The number of pyridine rings is 1. The Hall–Kier alpha value is -3.59. The van der Waals surface area contributed by atoms with Crippen LogP contribution in [0.3, 0.4) is 0 Å². The third-order valence-corrected chi connectivity index (χ3v) is 5.11. The van der Waals surface area contributed by atoms with Gasteiger partial charge < -0.3 is 20.1 Å². The quantitative estimate of drug-likeness (QED) is 0.578. The molecule has 3 amide bonds. The van der Waals surface area contributed by atoms with E-state index in [-0.39, 0.29) is 25.1 Å². The van der Waals surface area contributed by atoms with Crippen molar-refractivity contribution in [3.63, 3.8) is 0 Å². The number of carbonyl (C=O) groups is 2. The highest BCUT2D eigenvalue weighted by Crippen LogP contribution is 2.37. The molecule has 0 fully saturated rings. The average Bonchev–Trinajstić information content (AvgIpc) is 3.25. The van der Waals surface area contributed by atoms with E-state index in [0.717, 1.165) is 22.3 Å². The Labute approximate surface area is 173 Å². The second-order valence-corrected chi connectivity index (χ2v) is 6.88. The molecule has 9 nitrogen and oxygen atoms in total. The topological polar surface area (TPSA) is 111 Å². The van der Waals surface area contributed by atoms with Crippen molar-refractivity contribution >= 4 is 34.3 Å². The SMILES string of the molecule is CCN1C(=O)N(c2cc(OC)cc(C(=O)NCCO)c2)Cc2cnc3[nH]ccc3c21. The van der Waals surface area contributed by atoms with Gasteiger partial charge in [-0.3, -0.25) is 14.6 Å². The van der Waals surface area contributed by atoms with Crippen molar-refractivity contribution in [3.8, 4) is 5.75 Å². The second kappa shape index (κ2) is 8.03. The van der Waals surface area contributed by atoms with Crippen LogP contribution in [0, 0.1) is 0 Å². The summed E-state index contributed by atoms with van der Waals surface area (Å²) in [5, 5.41) is 12.5. The molecule has 0 atom stereocenters. The van der Waals surface area contributed by atoms with Crippen LogP contribution in [0.15, 0.2) is 36.7 Å². The summed E-state index contributed by atoms with van der Waals surface area (Å²) in [4.78, 5) is 36.7. The number of ether oxygens (including phenoxy) is 1. The zero-order valence-electron chi connectivity index (χ0n) is 16.8. The van der Waals surface area contributed by atoms with Crippen molar-refractivity contribution in [3.05, 3.63) is 47.8 Å². The van der Waals surface area contributed by atoms with Gasteiger partial charge in [0, 0.05) is 48.1 Å². The van der Waals surface area contributed by atoms with Crippen molar-refractivity contribution in [1.29, 1.82) is 0 Å². The molecule has 4 rings (SSSR count). The van der Waals surface area contributed by atoms with Gasteiger partial charge in [0.05, 0.1) is 31.6 Å². The third kappa shape index (κ3) is 3.33. The first-order valence-corrected chi connectivity index (χ1v) is 9.69. The number of nitrogens with zero attached hydrogens (tertiary/aromatic N) is 3. The highest BCUT2D eigenvalue weighted by molar-refractivity contribution is 6.11. The predicted octanol–water partition coefficient (Wildman–Crippen LogP) is 2.26. The van der Waals surface area contributed by atoms with Crippen LogP contribution >= 0.6 is 0 Å². The summed E-state index contributed by atoms with van der Waals surface area (Å²) in [5.41, 5.74) is 3.40. The van der Waals surface area contributed by atoms with Gasteiger partial charge in [0.15, 0.2) is 0 Å². The van der Waals surface area contributed by atoms with Crippen LogP contribution in [0.4, 0.5) is 16.2 Å². The number of rotatable bonds is 6. The summed E-state index contributed by atoms with van der Waals surface area (Å²) in [5.74, 6) is 0.111. The minimum Gasteiger partial charge on any atom is -0.497 e. The smallest absolute Gasteiger partial charge is 0.329 e. The van der Waals surface area contributed by atoms with Crippen molar-refractivity contribution < 1.29 is 19.4 Å². The fourth-order valence-electron chi connectivity index (χ4n) is 3.70. The molecule has 1 aromatic carbocycles. The number of aromatic nitrogens is 2. The molecule has 30 heavy (non-hydrogen) atoms. The fourth-order valence-corrected chi connectivity index (χ4v) is 3.70. The fraction of sp³-hybridized carbons (Fsp3) is 0.286. The number of nitrogens with one attached hydrogen (secondary N) is 2. The molecule has 0 radical (unpaired) electrons. The number of anilines is 2. The summed E-state index contributed by atoms with van der Waals surface area (Å²) in [6.45, 7) is 2.72. The standard InChI is InChI=1S/C21H23N5O4/c1-3-25-18-14(11-24-19-17(18)4-5-22-19)12-26(21(25)29)15-8-13(9-16(10-15)30-2)20(28)23-6-7-27/h4-5,8-11,27H,3,6-7,12H2,1-2H3,(H,22,24)(H,23,28). The minimum atomic E-state index is -0.350. The highest BCUT2D eigenvalue weighted by atomic mass is 16.5. The molecule has 0 aliphatic carbocycles. The number of hydrogen-bond acceptors (Lipinski definition) is 5. The zero-order valence-corrected chi connectivity index (χ0v) is 16.8. The maximum absolute atomic E-state index is 13.4. The molecule has 0 spiro atoms. The first kappa shape index (κ1) is 19.7. The van der Waals surface area contributed by atoms with E-state index in [1.54, 1.807) is 34.2 Å². The van der Waals surface area contributed by atoms with Gasteiger partial charge >= 0.3 is 6.03 Å². The Morgan fingerprint density at radius 3 is 2.93 bits per heavy atom. The Morgan fingerprint density at radius 1 is 1.37 bits per heavy atom. The molecule has 3 N–H and O–H groups in total. The van der Waals surface area contributed by atoms with Crippen molar-refractivity contribution in [2.45, 2.75) is 13.5 Å². The number of amides is 3. The molecular weight excluding hydrogens is 386 g/mol. The van der Waals surface area contributed by atoms with Gasteiger partial charge in [-0.2, -0.15) is 0 Å². The normalized spacial score (nSPS) is 13.5.